The van der Waals surface area contributed by atoms with Gasteiger partial charge in [0.2, 0.25) is 5.69 Å². The zero-order chi connectivity index (χ0) is 25.8. The molecule has 0 aliphatic heterocycles. The number of rotatable bonds is 4. The Bertz CT molecular complexity index is 1680. The third kappa shape index (κ3) is 3.56. The van der Waals surface area contributed by atoms with E-state index in [1.165, 1.54) is 0 Å². The minimum atomic E-state index is -1.43. The van der Waals surface area contributed by atoms with Crippen molar-refractivity contribution < 1.29 is 11.7 Å². The molecule has 0 spiro atoms. The molecule has 2 aromatic heterocycles. The van der Waals surface area contributed by atoms with Crippen LogP contribution in [0.2, 0.25) is 0 Å². The van der Waals surface area contributed by atoms with Gasteiger partial charge in [-0.15, -0.1) is 0 Å². The van der Waals surface area contributed by atoms with E-state index in [1.807, 2.05) is 82.4 Å². The largest absolute Gasteiger partial charge is 0.455 e. The van der Waals surface area contributed by atoms with Crippen LogP contribution >= 0.6 is 0 Å². The Morgan fingerprint density at radius 1 is 0.971 bits per heavy atom. The lowest BCUT2D eigenvalue weighted by molar-refractivity contribution is -0.667. The molecule has 0 amide bonds. The number of fused-ring (bicyclic) bond motifs is 3. The fraction of sp³-hybridized carbons (Fsp3) is 0.226. The van der Waals surface area contributed by atoms with Gasteiger partial charge in [0, 0.05) is 37.6 Å². The van der Waals surface area contributed by atoms with Crippen molar-refractivity contribution in [2.24, 2.45) is 13.0 Å². The highest BCUT2D eigenvalue weighted by atomic mass is 16.3. The molecule has 3 aromatic carbocycles. The highest BCUT2D eigenvalue weighted by molar-refractivity contribution is 6.14. The van der Waals surface area contributed by atoms with Crippen LogP contribution in [-0.2, 0) is 13.4 Å². The van der Waals surface area contributed by atoms with Crippen LogP contribution in [0, 0.1) is 26.3 Å². The molecule has 168 valence electrons. The molecule has 0 unspecified atom stereocenters. The summed E-state index contributed by atoms with van der Waals surface area (Å²) >= 11 is 0. The highest BCUT2D eigenvalue weighted by Gasteiger charge is 2.24. The van der Waals surface area contributed by atoms with Crippen molar-refractivity contribution in [3.8, 4) is 22.4 Å². The van der Waals surface area contributed by atoms with Crippen LogP contribution in [0.25, 0.3) is 49.2 Å². The standard InChI is InChI=1S/C31H29N2O/c1-19(2)16-23-13-15-28(33(6)21(23)4)29-20(3)12-14-25-27-18-24(32-5)17-26(30(27)34-31(25)29)22-10-8-7-9-11-22/h7-15,17-19H,16H2,1-4,6H3/q+1/i16D2. The second-order valence-corrected chi connectivity index (χ2v) is 9.16. The second-order valence-electron chi connectivity index (χ2n) is 9.16. The van der Waals surface area contributed by atoms with Gasteiger partial charge in [-0.3, -0.25) is 0 Å². The smallest absolute Gasteiger partial charge is 0.216 e. The molecule has 3 nitrogen and oxygen atoms in total. The third-order valence-corrected chi connectivity index (χ3v) is 6.51. The molecule has 3 heteroatoms. The van der Waals surface area contributed by atoms with Crippen LogP contribution in [-0.4, -0.2) is 0 Å². The van der Waals surface area contributed by atoms with Crippen LogP contribution in [0.15, 0.2) is 71.1 Å². The number of nitrogens with zero attached hydrogens (tertiary/aromatic N) is 2. The Morgan fingerprint density at radius 3 is 2.44 bits per heavy atom. The molecule has 0 fully saturated rings. The predicted molar refractivity (Wildman–Crippen MR) is 140 cm³/mol. The first-order valence-electron chi connectivity index (χ1n) is 12.6. The summed E-state index contributed by atoms with van der Waals surface area (Å²) < 4.78 is 26.0. The van der Waals surface area contributed by atoms with Gasteiger partial charge in [-0.25, -0.2) is 4.85 Å². The molecule has 0 radical (unpaired) electrons. The lowest BCUT2D eigenvalue weighted by Gasteiger charge is -2.11. The first-order valence-corrected chi connectivity index (χ1v) is 11.6. The minimum Gasteiger partial charge on any atom is -0.455 e. The Balaban J connectivity index is 1.83. The van der Waals surface area contributed by atoms with Gasteiger partial charge in [0.15, 0.2) is 11.4 Å². The molecule has 5 rings (SSSR count). The first kappa shape index (κ1) is 19.6. The number of pyridine rings is 1. The van der Waals surface area contributed by atoms with E-state index in [1.54, 1.807) is 0 Å². The van der Waals surface area contributed by atoms with Crippen molar-refractivity contribution in [2.45, 2.75) is 34.1 Å². The number of hydrogen-bond acceptors (Lipinski definition) is 1. The summed E-state index contributed by atoms with van der Waals surface area (Å²) in [7, 11) is 1.98. The maximum absolute atomic E-state index is 8.64. The van der Waals surface area contributed by atoms with E-state index in [2.05, 4.69) is 28.5 Å². The number of hydrogen-bond donors (Lipinski definition) is 0. The maximum atomic E-state index is 8.64. The van der Waals surface area contributed by atoms with E-state index in [0.717, 1.165) is 55.6 Å². The zero-order valence-electron chi connectivity index (χ0n) is 22.2. The molecular weight excluding hydrogens is 416 g/mol. The van der Waals surface area contributed by atoms with Gasteiger partial charge >= 0.3 is 0 Å². The molecule has 2 heterocycles. The summed E-state index contributed by atoms with van der Waals surface area (Å²) in [6.45, 7) is 15.5. The number of benzene rings is 3. The number of aryl methyl sites for hydroxylation is 1. The molecule has 0 atom stereocenters. The molecule has 0 saturated carbocycles. The average Bonchev–Trinajstić information content (AvgIpc) is 3.24. The van der Waals surface area contributed by atoms with E-state index in [9.17, 15) is 0 Å². The van der Waals surface area contributed by atoms with Gasteiger partial charge < -0.3 is 4.42 Å². The van der Waals surface area contributed by atoms with Crippen molar-refractivity contribution >= 4 is 27.6 Å². The first-order chi connectivity index (χ1) is 17.1. The summed E-state index contributed by atoms with van der Waals surface area (Å²) in [6.07, 6.45) is -1.43. The van der Waals surface area contributed by atoms with Gasteiger partial charge in [-0.05, 0) is 48.5 Å². The Labute approximate surface area is 203 Å². The minimum absolute atomic E-state index is 0.143. The average molecular weight is 448 g/mol. The van der Waals surface area contributed by atoms with Crippen LogP contribution in [0.1, 0.15) is 33.4 Å². The van der Waals surface area contributed by atoms with Gasteiger partial charge in [0.1, 0.15) is 18.2 Å². The van der Waals surface area contributed by atoms with Crippen molar-refractivity contribution in [1.29, 1.82) is 0 Å². The quantitative estimate of drug-likeness (QED) is 0.201. The lowest BCUT2D eigenvalue weighted by atomic mass is 9.96. The summed E-state index contributed by atoms with van der Waals surface area (Å²) in [5.41, 5.74) is 8.63. The second kappa shape index (κ2) is 8.47. The van der Waals surface area contributed by atoms with Crippen molar-refractivity contribution in [1.82, 2.24) is 0 Å². The van der Waals surface area contributed by atoms with Gasteiger partial charge in [0.05, 0.1) is 12.1 Å². The zero-order valence-corrected chi connectivity index (χ0v) is 20.2. The fourth-order valence-electron chi connectivity index (χ4n) is 4.71. The van der Waals surface area contributed by atoms with E-state index in [-0.39, 0.29) is 5.92 Å². The van der Waals surface area contributed by atoms with E-state index >= 15 is 0 Å². The van der Waals surface area contributed by atoms with Gasteiger partial charge in [-0.2, -0.15) is 4.57 Å². The fourth-order valence-corrected chi connectivity index (χ4v) is 4.71. The van der Waals surface area contributed by atoms with E-state index < -0.39 is 6.37 Å². The highest BCUT2D eigenvalue weighted by Crippen LogP contribution is 2.42. The number of furan rings is 1. The normalized spacial score (nSPS) is 12.7. The maximum Gasteiger partial charge on any atom is 0.216 e. The Morgan fingerprint density at radius 2 is 1.74 bits per heavy atom. The monoisotopic (exact) mass is 447 g/mol. The lowest BCUT2D eigenvalue weighted by Crippen LogP contribution is -2.36. The molecule has 0 N–H and O–H groups in total. The predicted octanol–water partition coefficient (Wildman–Crippen LogP) is 8.11. The summed E-state index contributed by atoms with van der Waals surface area (Å²) in [5, 5.41) is 1.89. The molecule has 0 bridgehead atoms. The molecule has 0 saturated heterocycles. The van der Waals surface area contributed by atoms with E-state index in [4.69, 9.17) is 13.7 Å². The van der Waals surface area contributed by atoms with Crippen LogP contribution in [0.3, 0.4) is 0 Å². The van der Waals surface area contributed by atoms with Crippen molar-refractivity contribution in [3.63, 3.8) is 0 Å². The number of aromatic nitrogens is 1. The molecule has 5 aromatic rings. The third-order valence-electron chi connectivity index (χ3n) is 6.51. The van der Waals surface area contributed by atoms with Crippen LogP contribution in [0.4, 0.5) is 5.69 Å². The summed E-state index contributed by atoms with van der Waals surface area (Å²) in [6, 6.07) is 21.9. The van der Waals surface area contributed by atoms with Gasteiger partial charge in [-0.1, -0.05) is 56.3 Å². The molecule has 0 aliphatic rings. The molecule has 0 aliphatic carbocycles. The van der Waals surface area contributed by atoms with Crippen molar-refractivity contribution in [2.75, 3.05) is 0 Å². The van der Waals surface area contributed by atoms with Crippen molar-refractivity contribution in [3.05, 3.63) is 95.0 Å². The van der Waals surface area contributed by atoms with Gasteiger partial charge in [0.25, 0.3) is 0 Å². The van der Waals surface area contributed by atoms with Crippen LogP contribution in [0.5, 0.6) is 0 Å². The molecule has 34 heavy (non-hydrogen) atoms. The topological polar surface area (TPSA) is 21.4 Å². The SMILES string of the molecule is [2H]C([2H])(c1ccc(-c2c(C)ccc3c2oc2c(-c4ccccc4)cc([N+]#[C-])cc23)[n+](C)c1C)C(C)C. The van der Waals surface area contributed by atoms with E-state index in [0.29, 0.717) is 11.3 Å². The van der Waals surface area contributed by atoms with Crippen LogP contribution < -0.4 is 4.57 Å². The summed E-state index contributed by atoms with van der Waals surface area (Å²) in [4.78, 5) is 3.73. The molecular formula is C31H29N2O+. The Kier molecular flexibility index (Phi) is 4.87. The Hall–Kier alpha value is -3.90. The summed E-state index contributed by atoms with van der Waals surface area (Å²) in [5.74, 6) is -0.143.